The van der Waals surface area contributed by atoms with E-state index in [0.29, 0.717) is 36.8 Å². The zero-order chi connectivity index (χ0) is 30.3. The fourth-order valence-corrected chi connectivity index (χ4v) is 5.04. The highest BCUT2D eigenvalue weighted by Gasteiger charge is 2.33. The van der Waals surface area contributed by atoms with Gasteiger partial charge in [-0.15, -0.1) is 0 Å². The zero-order valence-corrected chi connectivity index (χ0v) is 24.4. The zero-order valence-electron chi connectivity index (χ0n) is 24.4. The van der Waals surface area contributed by atoms with E-state index in [1.165, 1.54) is 37.8 Å². The van der Waals surface area contributed by atoms with E-state index < -0.39 is 12.1 Å². The molecule has 1 atom stereocenters. The second-order valence-electron chi connectivity index (χ2n) is 11.0. The van der Waals surface area contributed by atoms with Crippen molar-refractivity contribution in [3.05, 3.63) is 94.8 Å². The number of likely N-dealkylation sites (tertiary alicyclic amines) is 1. The summed E-state index contributed by atoms with van der Waals surface area (Å²) in [5.41, 5.74) is 4.49. The molecular weight excluding hydrogens is 548 g/mol. The lowest BCUT2D eigenvalue weighted by atomic mass is 9.91. The molecule has 1 aliphatic carbocycles. The number of amides is 1. The summed E-state index contributed by atoms with van der Waals surface area (Å²) in [4.78, 5) is 42.4. The van der Waals surface area contributed by atoms with E-state index >= 15 is 0 Å². The number of benzene rings is 2. The van der Waals surface area contributed by atoms with Gasteiger partial charge in [0.25, 0.3) is 5.91 Å². The molecule has 1 aliphatic heterocycles. The monoisotopic (exact) mass is 584 g/mol. The number of carbonyl (C=O) groups is 3. The van der Waals surface area contributed by atoms with Crippen molar-refractivity contribution in [2.75, 3.05) is 27.3 Å². The van der Waals surface area contributed by atoms with E-state index in [4.69, 9.17) is 9.47 Å². The van der Waals surface area contributed by atoms with E-state index in [1.807, 2.05) is 18.2 Å². The second-order valence-corrected chi connectivity index (χ2v) is 11.0. The van der Waals surface area contributed by atoms with Crippen molar-refractivity contribution in [3.63, 3.8) is 0 Å². The number of methoxy groups -OCH3 is 2. The molecule has 1 amide bonds. The van der Waals surface area contributed by atoms with Crippen molar-refractivity contribution >= 4 is 23.7 Å². The van der Waals surface area contributed by atoms with Crippen LogP contribution in [0.1, 0.15) is 70.3 Å². The van der Waals surface area contributed by atoms with Gasteiger partial charge in [0, 0.05) is 31.6 Å². The lowest BCUT2D eigenvalue weighted by molar-refractivity contribution is -0.143. The first-order valence-electron chi connectivity index (χ1n) is 14.4. The van der Waals surface area contributed by atoms with Gasteiger partial charge in [0.05, 0.1) is 26.7 Å². The number of hydrogen-bond donors (Lipinski definition) is 1. The highest BCUT2D eigenvalue weighted by molar-refractivity contribution is 5.96. The van der Waals surface area contributed by atoms with Gasteiger partial charge >= 0.3 is 5.97 Å². The molecule has 1 N–H and O–H groups in total. The van der Waals surface area contributed by atoms with Crippen LogP contribution in [0.3, 0.4) is 0 Å². The number of pyridine rings is 1. The minimum absolute atomic E-state index is 0.166. The Morgan fingerprint density at radius 1 is 0.953 bits per heavy atom. The molecule has 1 aromatic heterocycles. The third kappa shape index (κ3) is 7.87. The Bertz CT molecular complexity index is 1490. The number of rotatable bonds is 13. The average molecular weight is 585 g/mol. The van der Waals surface area contributed by atoms with Crippen LogP contribution in [0.15, 0.2) is 66.9 Å². The molecule has 1 saturated heterocycles. The van der Waals surface area contributed by atoms with Gasteiger partial charge in [-0.05, 0) is 71.4 Å². The van der Waals surface area contributed by atoms with Crippen molar-refractivity contribution in [1.29, 1.82) is 0 Å². The minimum atomic E-state index is -1.11. The summed E-state index contributed by atoms with van der Waals surface area (Å²) >= 11 is 0. The van der Waals surface area contributed by atoms with Gasteiger partial charge in [-0.3, -0.25) is 19.4 Å². The average Bonchev–Trinajstić information content (AvgIpc) is 3.84. The first kappa shape index (κ1) is 30.0. The summed E-state index contributed by atoms with van der Waals surface area (Å²) in [6.07, 6.45) is 5.39. The first-order chi connectivity index (χ1) is 20.8. The molecular formula is C34H36N2O7. The number of ether oxygens (including phenoxy) is 3. The summed E-state index contributed by atoms with van der Waals surface area (Å²) in [6.45, 7) is 1.56. The highest BCUT2D eigenvalue weighted by atomic mass is 16.5. The first-order valence-corrected chi connectivity index (χ1v) is 14.4. The molecule has 1 saturated carbocycles. The van der Waals surface area contributed by atoms with Crippen LogP contribution in [0.4, 0.5) is 0 Å². The molecule has 0 unspecified atom stereocenters. The summed E-state index contributed by atoms with van der Waals surface area (Å²) < 4.78 is 16.2. The van der Waals surface area contributed by atoms with Gasteiger partial charge in [0.1, 0.15) is 12.3 Å². The standard InChI is InChI=1S/C34H36N2O7/c1-41-32-16-26(10-12-31(32)43-21-23-3-6-24(7-4-23)25-8-9-25)27-19-36(20-27)34(40)30-15-22(13-14-35-30)5-11-28(37)17-29(38)18-33(39)42-2/h3-7,10-16,25,27,29,38H,8-9,17-21H2,1-2H3/t29-/m1/s1. The molecule has 0 radical (unpaired) electrons. The maximum Gasteiger partial charge on any atom is 0.308 e. The lowest BCUT2D eigenvalue weighted by Crippen LogP contribution is -2.48. The Morgan fingerprint density at radius 3 is 2.40 bits per heavy atom. The van der Waals surface area contributed by atoms with Gasteiger partial charge in [-0.25, -0.2) is 0 Å². The van der Waals surface area contributed by atoms with Crippen LogP contribution in [-0.2, 0) is 20.9 Å². The molecule has 5 rings (SSSR count). The van der Waals surface area contributed by atoms with Crippen LogP contribution >= 0.6 is 0 Å². The van der Waals surface area contributed by atoms with Gasteiger partial charge in [-0.1, -0.05) is 36.4 Å². The number of hydrogen-bond acceptors (Lipinski definition) is 8. The summed E-state index contributed by atoms with van der Waals surface area (Å²) in [5, 5.41) is 9.84. The fraction of sp³-hybridized carbons (Fsp3) is 0.353. The summed E-state index contributed by atoms with van der Waals surface area (Å²) in [5.74, 6) is 1.11. The Labute approximate surface area is 251 Å². The van der Waals surface area contributed by atoms with Crippen molar-refractivity contribution in [2.45, 2.75) is 50.2 Å². The van der Waals surface area contributed by atoms with Gasteiger partial charge in [-0.2, -0.15) is 0 Å². The molecule has 3 aromatic rings. The molecule has 0 spiro atoms. The van der Waals surface area contributed by atoms with Crippen LogP contribution in [0, 0.1) is 0 Å². The van der Waals surface area contributed by atoms with Crippen LogP contribution in [0.25, 0.3) is 6.08 Å². The summed E-state index contributed by atoms with van der Waals surface area (Å²) in [6, 6.07) is 17.8. The van der Waals surface area contributed by atoms with Crippen molar-refractivity contribution < 1.29 is 33.7 Å². The molecule has 224 valence electrons. The summed E-state index contributed by atoms with van der Waals surface area (Å²) in [7, 11) is 2.85. The van der Waals surface area contributed by atoms with E-state index in [2.05, 4.69) is 34.0 Å². The molecule has 0 bridgehead atoms. The van der Waals surface area contributed by atoms with Gasteiger partial charge in [0.15, 0.2) is 17.3 Å². The quantitative estimate of drug-likeness (QED) is 0.228. The number of aromatic nitrogens is 1. The Hall–Kier alpha value is -4.50. The number of nitrogens with zero attached hydrogens (tertiary/aromatic N) is 2. The van der Waals surface area contributed by atoms with E-state index in [1.54, 1.807) is 30.2 Å². The van der Waals surface area contributed by atoms with Crippen molar-refractivity contribution in [2.24, 2.45) is 0 Å². The highest BCUT2D eigenvalue weighted by Crippen LogP contribution is 2.40. The minimum Gasteiger partial charge on any atom is -0.493 e. The predicted octanol–water partition coefficient (Wildman–Crippen LogP) is 4.68. The number of allylic oxidation sites excluding steroid dienone is 1. The fourth-order valence-electron chi connectivity index (χ4n) is 5.04. The largest absolute Gasteiger partial charge is 0.493 e. The number of ketones is 1. The van der Waals surface area contributed by atoms with Crippen LogP contribution in [0.5, 0.6) is 11.5 Å². The molecule has 9 heteroatoms. The maximum atomic E-state index is 13.1. The SMILES string of the molecule is COC(=O)C[C@H](O)CC(=O)C=Cc1ccnc(C(=O)N2CC(c3ccc(OCc4ccc(C5CC5)cc4)c(OC)c3)C2)c1. The topological polar surface area (TPSA) is 115 Å². The Morgan fingerprint density at radius 2 is 1.70 bits per heavy atom. The smallest absolute Gasteiger partial charge is 0.308 e. The predicted molar refractivity (Wildman–Crippen MR) is 160 cm³/mol. The number of aliphatic hydroxyl groups excluding tert-OH is 1. The van der Waals surface area contributed by atoms with E-state index in [-0.39, 0.29) is 36.1 Å². The molecule has 9 nitrogen and oxygen atoms in total. The Balaban J connectivity index is 1.12. The number of carbonyl (C=O) groups excluding carboxylic acids is 3. The molecule has 2 aromatic carbocycles. The normalized spacial score (nSPS) is 15.6. The molecule has 2 heterocycles. The van der Waals surface area contributed by atoms with Crippen molar-refractivity contribution in [3.8, 4) is 11.5 Å². The van der Waals surface area contributed by atoms with Crippen LogP contribution < -0.4 is 9.47 Å². The number of esters is 1. The van der Waals surface area contributed by atoms with E-state index in [0.717, 1.165) is 17.0 Å². The van der Waals surface area contributed by atoms with Gasteiger partial charge in [0.2, 0.25) is 0 Å². The van der Waals surface area contributed by atoms with Crippen LogP contribution in [-0.4, -0.2) is 66.1 Å². The molecule has 43 heavy (non-hydrogen) atoms. The molecule has 2 aliphatic rings. The van der Waals surface area contributed by atoms with Gasteiger partial charge < -0.3 is 24.2 Å². The Kier molecular flexibility index (Phi) is 9.51. The molecule has 2 fully saturated rings. The second kappa shape index (κ2) is 13.6. The maximum absolute atomic E-state index is 13.1. The van der Waals surface area contributed by atoms with Crippen molar-refractivity contribution in [1.82, 2.24) is 9.88 Å². The third-order valence-electron chi connectivity index (χ3n) is 7.78. The number of aliphatic hydroxyl groups is 1. The van der Waals surface area contributed by atoms with Crippen LogP contribution in [0.2, 0.25) is 0 Å². The lowest BCUT2D eigenvalue weighted by Gasteiger charge is -2.39. The third-order valence-corrected chi connectivity index (χ3v) is 7.78. The van der Waals surface area contributed by atoms with E-state index in [9.17, 15) is 19.5 Å².